The van der Waals surface area contributed by atoms with E-state index >= 15 is 0 Å². The van der Waals surface area contributed by atoms with Gasteiger partial charge in [0, 0.05) is 11.8 Å². The van der Waals surface area contributed by atoms with Gasteiger partial charge in [0.05, 0.1) is 17.9 Å². The van der Waals surface area contributed by atoms with E-state index in [9.17, 15) is 14.4 Å². The second-order valence-electron chi connectivity index (χ2n) is 10.1. The maximum absolute atomic E-state index is 13.3. The summed E-state index contributed by atoms with van der Waals surface area (Å²) in [5.41, 5.74) is 3.54. The number of hydrogen-bond acceptors (Lipinski definition) is 4. The van der Waals surface area contributed by atoms with Crippen LogP contribution in [0.2, 0.25) is 0 Å². The molecule has 5 aliphatic rings. The molecule has 1 saturated carbocycles. The predicted octanol–water partition coefficient (Wildman–Crippen LogP) is 4.81. The summed E-state index contributed by atoms with van der Waals surface area (Å²) in [4.78, 5) is 38.6. The van der Waals surface area contributed by atoms with E-state index in [0.717, 1.165) is 48.8 Å². The molecule has 4 heteroatoms. The number of ether oxygens (including phenoxy) is 1. The van der Waals surface area contributed by atoms with Crippen LogP contribution in [0.5, 0.6) is 0 Å². The van der Waals surface area contributed by atoms with Gasteiger partial charge in [-0.15, -0.1) is 0 Å². The molecule has 0 aromatic carbocycles. The Labute approximate surface area is 178 Å². The Balaban J connectivity index is 1.70. The van der Waals surface area contributed by atoms with Crippen LogP contribution in [0.1, 0.15) is 65.7 Å². The molecule has 0 amide bonds. The lowest BCUT2D eigenvalue weighted by molar-refractivity contribution is -0.147. The van der Waals surface area contributed by atoms with Gasteiger partial charge in [-0.25, -0.2) is 0 Å². The quantitative estimate of drug-likeness (QED) is 0.631. The topological polar surface area (TPSA) is 60.4 Å². The molecule has 2 unspecified atom stereocenters. The molecule has 0 aromatic heterocycles. The molecule has 1 spiro atoms. The summed E-state index contributed by atoms with van der Waals surface area (Å²) < 4.78 is 5.61. The highest BCUT2D eigenvalue weighted by Gasteiger charge is 2.65. The number of carbonyl (C=O) groups is 3. The third kappa shape index (κ3) is 2.31. The molecule has 0 saturated heterocycles. The van der Waals surface area contributed by atoms with Crippen LogP contribution < -0.4 is 0 Å². The first kappa shape index (κ1) is 19.7. The first-order valence-corrected chi connectivity index (χ1v) is 11.4. The van der Waals surface area contributed by atoms with Crippen molar-refractivity contribution in [2.75, 3.05) is 6.61 Å². The van der Waals surface area contributed by atoms with Crippen LogP contribution in [-0.4, -0.2) is 24.1 Å². The van der Waals surface area contributed by atoms with Crippen LogP contribution in [0, 0.1) is 22.2 Å². The summed E-state index contributed by atoms with van der Waals surface area (Å²) >= 11 is 0. The minimum Gasteiger partial charge on any atom is -0.465 e. The highest BCUT2D eigenvalue weighted by atomic mass is 16.5. The highest BCUT2D eigenvalue weighted by Crippen LogP contribution is 2.70. The zero-order valence-electron chi connectivity index (χ0n) is 18.2. The summed E-state index contributed by atoms with van der Waals surface area (Å²) in [7, 11) is 0. The normalized spacial score (nSPS) is 39.1. The lowest BCUT2D eigenvalue weighted by Crippen LogP contribution is -2.46. The molecule has 5 aliphatic carbocycles. The molecule has 158 valence electrons. The number of allylic oxidation sites excluding steroid dienone is 7. The van der Waals surface area contributed by atoms with Gasteiger partial charge in [0.2, 0.25) is 0 Å². The Morgan fingerprint density at radius 1 is 1.20 bits per heavy atom. The van der Waals surface area contributed by atoms with Crippen LogP contribution in [-0.2, 0) is 19.1 Å². The van der Waals surface area contributed by atoms with Crippen molar-refractivity contribution in [3.8, 4) is 0 Å². The van der Waals surface area contributed by atoms with Crippen molar-refractivity contribution in [3.05, 3.63) is 46.6 Å². The first-order chi connectivity index (χ1) is 14.3. The second-order valence-corrected chi connectivity index (χ2v) is 10.1. The van der Waals surface area contributed by atoms with E-state index in [2.05, 4.69) is 19.9 Å². The average molecular weight is 407 g/mol. The third-order valence-electron chi connectivity index (χ3n) is 8.69. The van der Waals surface area contributed by atoms with Crippen molar-refractivity contribution in [1.82, 2.24) is 0 Å². The van der Waals surface area contributed by atoms with Crippen molar-refractivity contribution in [1.29, 1.82) is 0 Å². The standard InChI is InChI=1S/C26H30O4/c1-4-13-30-23(29)18-15-16-14-17(27)5-11-25(16,3)19-7-12-26-20(22(18)19)6-9-24(26,2)10-8-21(26)28/h5-6,11,14,18H,4,7-10,12-13,15H2,1-3H3/t18-,24+,25?,26?/m1/s1. The lowest BCUT2D eigenvalue weighted by atomic mass is 9.51. The molecule has 5 rings (SSSR count). The minimum absolute atomic E-state index is 0.0156. The number of rotatable bonds is 3. The van der Waals surface area contributed by atoms with E-state index in [4.69, 9.17) is 4.74 Å². The van der Waals surface area contributed by atoms with E-state index in [1.54, 1.807) is 12.2 Å². The predicted molar refractivity (Wildman–Crippen MR) is 113 cm³/mol. The molecular weight excluding hydrogens is 376 g/mol. The maximum atomic E-state index is 13.3. The van der Waals surface area contributed by atoms with Crippen molar-refractivity contribution in [3.63, 3.8) is 0 Å². The molecule has 1 fully saturated rings. The number of hydrogen-bond donors (Lipinski definition) is 0. The van der Waals surface area contributed by atoms with E-state index < -0.39 is 11.3 Å². The van der Waals surface area contributed by atoms with E-state index in [1.165, 1.54) is 5.57 Å². The monoisotopic (exact) mass is 406 g/mol. The molecular formula is C26H30O4. The summed E-state index contributed by atoms with van der Waals surface area (Å²) in [6.07, 6.45) is 13.0. The Hall–Kier alpha value is -2.23. The van der Waals surface area contributed by atoms with Crippen LogP contribution in [0.3, 0.4) is 0 Å². The van der Waals surface area contributed by atoms with Crippen LogP contribution in [0.25, 0.3) is 0 Å². The fraction of sp³-hybridized carbons (Fsp3) is 0.577. The summed E-state index contributed by atoms with van der Waals surface area (Å²) in [6.45, 7) is 6.80. The third-order valence-corrected chi connectivity index (χ3v) is 8.69. The smallest absolute Gasteiger partial charge is 0.313 e. The number of fused-ring (bicyclic) bond motifs is 3. The van der Waals surface area contributed by atoms with Gasteiger partial charge in [-0.1, -0.05) is 37.1 Å². The fourth-order valence-electron chi connectivity index (χ4n) is 6.99. The molecule has 4 atom stereocenters. The number of ketones is 2. The van der Waals surface area contributed by atoms with Gasteiger partial charge in [0.1, 0.15) is 5.78 Å². The highest BCUT2D eigenvalue weighted by molar-refractivity contribution is 6.02. The zero-order chi connectivity index (χ0) is 21.3. The van der Waals surface area contributed by atoms with Crippen molar-refractivity contribution in [2.24, 2.45) is 22.2 Å². The van der Waals surface area contributed by atoms with Crippen LogP contribution in [0.15, 0.2) is 46.6 Å². The Kier molecular flexibility index (Phi) is 4.20. The van der Waals surface area contributed by atoms with Gasteiger partial charge in [-0.2, -0.15) is 0 Å². The molecule has 4 nitrogen and oxygen atoms in total. The average Bonchev–Trinajstić information content (AvgIpc) is 3.16. The Bertz CT molecular complexity index is 993. The van der Waals surface area contributed by atoms with E-state index in [1.807, 2.05) is 13.0 Å². The van der Waals surface area contributed by atoms with Crippen LogP contribution >= 0.6 is 0 Å². The largest absolute Gasteiger partial charge is 0.465 e. The van der Waals surface area contributed by atoms with Crippen molar-refractivity contribution in [2.45, 2.75) is 65.7 Å². The number of carbonyl (C=O) groups excluding carboxylic acids is 3. The van der Waals surface area contributed by atoms with Gasteiger partial charge >= 0.3 is 5.97 Å². The summed E-state index contributed by atoms with van der Waals surface area (Å²) in [5.74, 6) is -0.310. The SMILES string of the molecule is CCCOC(=O)[C@@H]1CC2=CC(=O)C=CC2(C)C2=C1C1=CC[C@@]3(C)CCC(=O)C13CC2. The minimum atomic E-state index is -0.444. The van der Waals surface area contributed by atoms with Crippen molar-refractivity contribution < 1.29 is 19.1 Å². The molecule has 0 aromatic rings. The van der Waals surface area contributed by atoms with Crippen molar-refractivity contribution >= 4 is 17.5 Å². The lowest BCUT2D eigenvalue weighted by Gasteiger charge is -2.51. The molecule has 0 N–H and O–H groups in total. The Morgan fingerprint density at radius 3 is 2.77 bits per heavy atom. The Morgan fingerprint density at radius 2 is 2.00 bits per heavy atom. The molecule has 0 radical (unpaired) electrons. The van der Waals surface area contributed by atoms with E-state index in [-0.39, 0.29) is 22.6 Å². The van der Waals surface area contributed by atoms with E-state index in [0.29, 0.717) is 25.2 Å². The van der Waals surface area contributed by atoms with Crippen LogP contribution in [0.4, 0.5) is 0 Å². The molecule has 0 bridgehead atoms. The number of esters is 1. The van der Waals surface area contributed by atoms with Gasteiger partial charge in [-0.3, -0.25) is 14.4 Å². The first-order valence-electron chi connectivity index (χ1n) is 11.4. The number of Topliss-reactive ketones (excluding diaryl/α,β-unsaturated/α-hetero) is 1. The fourth-order valence-corrected chi connectivity index (χ4v) is 6.99. The molecule has 0 aliphatic heterocycles. The van der Waals surface area contributed by atoms with Gasteiger partial charge in [-0.05, 0) is 74.2 Å². The zero-order valence-corrected chi connectivity index (χ0v) is 18.2. The molecule has 0 heterocycles. The van der Waals surface area contributed by atoms with Gasteiger partial charge in [0.15, 0.2) is 5.78 Å². The summed E-state index contributed by atoms with van der Waals surface area (Å²) in [6, 6.07) is 0. The summed E-state index contributed by atoms with van der Waals surface area (Å²) in [5, 5.41) is 0. The van der Waals surface area contributed by atoms with Gasteiger partial charge < -0.3 is 4.74 Å². The second kappa shape index (κ2) is 6.38. The van der Waals surface area contributed by atoms with Gasteiger partial charge in [0.25, 0.3) is 0 Å². The maximum Gasteiger partial charge on any atom is 0.313 e. The molecule has 30 heavy (non-hydrogen) atoms.